The topological polar surface area (TPSA) is 29.5 Å². The van der Waals surface area contributed by atoms with Gasteiger partial charge in [-0.1, -0.05) is 36.4 Å². The molecule has 0 saturated carbocycles. The van der Waals surface area contributed by atoms with Crippen LogP contribution >= 0.6 is 0 Å². The van der Waals surface area contributed by atoms with Gasteiger partial charge in [-0.05, 0) is 24.3 Å². The summed E-state index contributed by atoms with van der Waals surface area (Å²) < 4.78 is 40.9. The molecule has 0 radical (unpaired) electrons. The lowest BCUT2D eigenvalue weighted by Gasteiger charge is -2.22. The molecule has 0 unspecified atom stereocenters. The van der Waals surface area contributed by atoms with Crippen LogP contribution in [0.4, 0.5) is 29.3 Å². The van der Waals surface area contributed by atoms with Crippen LogP contribution in [0.25, 0.3) is 0 Å². The van der Waals surface area contributed by atoms with Crippen LogP contribution in [0, 0.1) is 0 Å². The highest BCUT2D eigenvalue weighted by molar-refractivity contribution is 5.95. The Labute approximate surface area is 119 Å². The molecule has 0 saturated heterocycles. The number of hydrogen-bond acceptors (Lipinski definition) is 2. The molecular weight excluding hydrogens is 283 g/mol. The van der Waals surface area contributed by atoms with E-state index in [9.17, 15) is 18.0 Å². The third kappa shape index (κ3) is 4.24. The Balaban J connectivity index is 2.27. The number of halogens is 3. The number of rotatable bonds is 3. The van der Waals surface area contributed by atoms with Gasteiger partial charge < -0.3 is 4.74 Å². The summed E-state index contributed by atoms with van der Waals surface area (Å²) in [6.07, 6.45) is -5.64. The minimum Gasteiger partial charge on any atom is -0.439 e. The molecule has 21 heavy (non-hydrogen) atoms. The molecule has 2 aromatic carbocycles. The van der Waals surface area contributed by atoms with Gasteiger partial charge in [0.25, 0.3) is 0 Å². The van der Waals surface area contributed by atoms with E-state index in [4.69, 9.17) is 0 Å². The Bertz CT molecular complexity index is 545. The summed E-state index contributed by atoms with van der Waals surface area (Å²) in [6.45, 7) is -1.62. The van der Waals surface area contributed by atoms with Gasteiger partial charge in [-0.3, -0.25) is 0 Å². The van der Waals surface area contributed by atoms with Crippen molar-refractivity contribution in [3.05, 3.63) is 60.7 Å². The Morgan fingerprint density at radius 2 is 1.33 bits per heavy atom. The lowest BCUT2D eigenvalue weighted by molar-refractivity contribution is -0.159. The average molecular weight is 295 g/mol. The summed E-state index contributed by atoms with van der Waals surface area (Å²) in [5.41, 5.74) is 0.853. The zero-order chi connectivity index (χ0) is 15.3. The zero-order valence-electron chi connectivity index (χ0n) is 10.9. The highest BCUT2D eigenvalue weighted by Crippen LogP contribution is 2.26. The van der Waals surface area contributed by atoms with Gasteiger partial charge in [0.05, 0.1) is 11.4 Å². The molecule has 110 valence electrons. The van der Waals surface area contributed by atoms with E-state index < -0.39 is 18.9 Å². The van der Waals surface area contributed by atoms with Crippen molar-refractivity contribution in [3.63, 3.8) is 0 Å². The molecule has 3 nitrogen and oxygen atoms in total. The van der Waals surface area contributed by atoms with Crippen molar-refractivity contribution in [3.8, 4) is 0 Å². The number of carbonyl (C=O) groups is 1. The fourth-order valence-electron chi connectivity index (χ4n) is 1.72. The molecule has 0 aromatic heterocycles. The van der Waals surface area contributed by atoms with Crippen molar-refractivity contribution in [2.75, 3.05) is 11.5 Å². The number of alkyl halides is 3. The van der Waals surface area contributed by atoms with Crippen LogP contribution < -0.4 is 4.90 Å². The van der Waals surface area contributed by atoms with Crippen LogP contribution in [0.3, 0.4) is 0 Å². The largest absolute Gasteiger partial charge is 0.439 e. The predicted octanol–water partition coefficient (Wildman–Crippen LogP) is 4.52. The van der Waals surface area contributed by atoms with Crippen LogP contribution in [0.1, 0.15) is 0 Å². The van der Waals surface area contributed by atoms with E-state index in [1.807, 2.05) is 0 Å². The molecule has 0 spiro atoms. The summed E-state index contributed by atoms with van der Waals surface area (Å²) in [4.78, 5) is 13.1. The number of anilines is 2. The van der Waals surface area contributed by atoms with Gasteiger partial charge in [0.1, 0.15) is 0 Å². The van der Waals surface area contributed by atoms with Crippen molar-refractivity contribution >= 4 is 17.5 Å². The van der Waals surface area contributed by atoms with E-state index in [0.717, 1.165) is 4.90 Å². The number of ether oxygens (including phenoxy) is 1. The Kier molecular flexibility index (Phi) is 4.47. The van der Waals surface area contributed by atoms with Crippen molar-refractivity contribution in [2.45, 2.75) is 6.18 Å². The number of nitrogens with zero attached hydrogens (tertiary/aromatic N) is 1. The van der Waals surface area contributed by atoms with Crippen molar-refractivity contribution in [1.82, 2.24) is 0 Å². The quantitative estimate of drug-likeness (QED) is 0.833. The minimum absolute atomic E-state index is 0.427. The van der Waals surface area contributed by atoms with Gasteiger partial charge in [-0.25, -0.2) is 9.69 Å². The van der Waals surface area contributed by atoms with E-state index in [2.05, 4.69) is 4.74 Å². The SMILES string of the molecule is O=C(OCC(F)(F)F)N(c1ccccc1)c1ccccc1. The van der Waals surface area contributed by atoms with Crippen LogP contribution in [0.15, 0.2) is 60.7 Å². The molecule has 0 bridgehead atoms. The molecule has 6 heteroatoms. The molecule has 0 aliphatic carbocycles. The first-order chi connectivity index (χ1) is 9.97. The number of carbonyl (C=O) groups excluding carboxylic acids is 1. The molecule has 0 heterocycles. The van der Waals surface area contributed by atoms with E-state index in [1.54, 1.807) is 60.7 Å². The second kappa shape index (κ2) is 6.30. The molecular formula is C15H12F3NO2. The maximum Gasteiger partial charge on any atom is 0.422 e. The maximum absolute atomic E-state index is 12.2. The predicted molar refractivity (Wildman–Crippen MR) is 72.4 cm³/mol. The first kappa shape index (κ1) is 14.9. The maximum atomic E-state index is 12.2. The first-order valence-corrected chi connectivity index (χ1v) is 6.11. The van der Waals surface area contributed by atoms with Gasteiger partial charge in [-0.15, -0.1) is 0 Å². The van der Waals surface area contributed by atoms with Gasteiger partial charge in [0.2, 0.25) is 0 Å². The smallest absolute Gasteiger partial charge is 0.422 e. The van der Waals surface area contributed by atoms with E-state index >= 15 is 0 Å². The first-order valence-electron chi connectivity index (χ1n) is 6.11. The highest BCUT2D eigenvalue weighted by atomic mass is 19.4. The molecule has 0 aliphatic rings. The van der Waals surface area contributed by atoms with Crippen LogP contribution in [-0.4, -0.2) is 18.9 Å². The lowest BCUT2D eigenvalue weighted by atomic mass is 10.2. The van der Waals surface area contributed by atoms with Crippen LogP contribution in [-0.2, 0) is 4.74 Å². The van der Waals surface area contributed by atoms with Crippen molar-refractivity contribution < 1.29 is 22.7 Å². The fraction of sp³-hybridized carbons (Fsp3) is 0.133. The van der Waals surface area contributed by atoms with Gasteiger partial charge >= 0.3 is 12.3 Å². The fourth-order valence-corrected chi connectivity index (χ4v) is 1.72. The van der Waals surface area contributed by atoms with E-state index in [1.165, 1.54) is 0 Å². The van der Waals surface area contributed by atoms with Gasteiger partial charge in [0.15, 0.2) is 6.61 Å². The third-order valence-corrected chi connectivity index (χ3v) is 2.57. The average Bonchev–Trinajstić information content (AvgIpc) is 2.47. The number of amides is 1. The Morgan fingerprint density at radius 1 is 0.905 bits per heavy atom. The molecule has 0 atom stereocenters. The van der Waals surface area contributed by atoms with Gasteiger partial charge in [0, 0.05) is 0 Å². The summed E-state index contributed by atoms with van der Waals surface area (Å²) in [5.74, 6) is 0. The van der Waals surface area contributed by atoms with Gasteiger partial charge in [-0.2, -0.15) is 13.2 Å². The number of benzene rings is 2. The second-order valence-electron chi connectivity index (χ2n) is 4.18. The molecule has 2 rings (SSSR count). The summed E-state index contributed by atoms with van der Waals surface area (Å²) in [6, 6.07) is 16.7. The Morgan fingerprint density at radius 3 is 1.71 bits per heavy atom. The molecule has 0 fully saturated rings. The van der Waals surface area contributed by atoms with E-state index in [-0.39, 0.29) is 0 Å². The lowest BCUT2D eigenvalue weighted by Crippen LogP contribution is -2.30. The van der Waals surface area contributed by atoms with Crippen molar-refractivity contribution in [2.24, 2.45) is 0 Å². The summed E-state index contributed by atoms with van der Waals surface area (Å²) in [7, 11) is 0. The van der Waals surface area contributed by atoms with Crippen molar-refractivity contribution in [1.29, 1.82) is 0 Å². The molecule has 0 N–H and O–H groups in total. The zero-order valence-corrected chi connectivity index (χ0v) is 10.9. The molecule has 2 aromatic rings. The highest BCUT2D eigenvalue weighted by Gasteiger charge is 2.31. The monoisotopic (exact) mass is 295 g/mol. The minimum atomic E-state index is -4.56. The van der Waals surface area contributed by atoms with E-state index in [0.29, 0.717) is 11.4 Å². The molecule has 1 amide bonds. The third-order valence-electron chi connectivity index (χ3n) is 2.57. The normalized spacial score (nSPS) is 11.0. The Hall–Kier alpha value is -2.50. The number of para-hydroxylation sites is 2. The standard InChI is InChI=1S/C15H12F3NO2/c16-15(17,18)11-21-14(20)19(12-7-3-1-4-8-12)13-9-5-2-6-10-13/h1-10H,11H2. The van der Waals surface area contributed by atoms with Crippen LogP contribution in [0.5, 0.6) is 0 Å². The number of hydrogen-bond donors (Lipinski definition) is 0. The van der Waals surface area contributed by atoms with Crippen LogP contribution in [0.2, 0.25) is 0 Å². The second-order valence-corrected chi connectivity index (χ2v) is 4.18. The summed E-state index contributed by atoms with van der Waals surface area (Å²) >= 11 is 0. The summed E-state index contributed by atoms with van der Waals surface area (Å²) in [5, 5.41) is 0. The molecule has 0 aliphatic heterocycles.